The molecule has 0 aliphatic carbocycles. The fraction of sp³-hybridized carbons (Fsp3) is 0.364. The molecule has 4 heteroatoms. The van der Waals surface area contributed by atoms with Crippen molar-refractivity contribution in [3.63, 3.8) is 0 Å². The number of anilines is 1. The van der Waals surface area contributed by atoms with E-state index in [0.717, 1.165) is 12.1 Å². The molecular weight excluding hydrogens is 324 g/mol. The van der Waals surface area contributed by atoms with E-state index in [0.29, 0.717) is 13.1 Å². The zero-order valence-electron chi connectivity index (χ0n) is 15.4. The quantitative estimate of drug-likeness (QED) is 0.866. The van der Waals surface area contributed by atoms with Gasteiger partial charge in [-0.3, -0.25) is 9.59 Å². The van der Waals surface area contributed by atoms with Crippen molar-refractivity contribution >= 4 is 17.5 Å². The summed E-state index contributed by atoms with van der Waals surface area (Å²) < 4.78 is 0. The minimum Gasteiger partial charge on any atom is -0.355 e. The van der Waals surface area contributed by atoms with E-state index in [1.807, 2.05) is 42.5 Å². The SMILES string of the molecule is CCc1ccc(N2C[C@@H](C(=O)NC[C@@H](C)c3ccccc3)CC2=O)cc1. The maximum absolute atomic E-state index is 12.5. The van der Waals surface area contributed by atoms with Crippen molar-refractivity contribution in [2.24, 2.45) is 5.92 Å². The first-order valence-electron chi connectivity index (χ1n) is 9.30. The van der Waals surface area contributed by atoms with Crippen molar-refractivity contribution in [2.45, 2.75) is 32.6 Å². The second kappa shape index (κ2) is 8.17. The van der Waals surface area contributed by atoms with Gasteiger partial charge in [0.25, 0.3) is 0 Å². The van der Waals surface area contributed by atoms with Crippen molar-refractivity contribution in [1.29, 1.82) is 0 Å². The molecule has 1 aliphatic rings. The van der Waals surface area contributed by atoms with Crippen LogP contribution in [-0.4, -0.2) is 24.9 Å². The molecular formula is C22H26N2O2. The Kier molecular flexibility index (Phi) is 5.71. The van der Waals surface area contributed by atoms with Crippen LogP contribution in [0.15, 0.2) is 54.6 Å². The summed E-state index contributed by atoms with van der Waals surface area (Å²) in [5, 5.41) is 3.02. The van der Waals surface area contributed by atoms with Gasteiger partial charge in [-0.15, -0.1) is 0 Å². The molecule has 1 fully saturated rings. The zero-order chi connectivity index (χ0) is 18.5. The summed E-state index contributed by atoms with van der Waals surface area (Å²) in [7, 11) is 0. The van der Waals surface area contributed by atoms with Gasteiger partial charge in [0.2, 0.25) is 11.8 Å². The van der Waals surface area contributed by atoms with Gasteiger partial charge in [-0.2, -0.15) is 0 Å². The molecule has 136 valence electrons. The Morgan fingerprint density at radius 3 is 2.50 bits per heavy atom. The van der Waals surface area contributed by atoms with Crippen LogP contribution in [0.3, 0.4) is 0 Å². The normalized spacial score (nSPS) is 18.0. The molecule has 4 nitrogen and oxygen atoms in total. The second-order valence-electron chi connectivity index (χ2n) is 6.98. The van der Waals surface area contributed by atoms with Crippen molar-refractivity contribution in [1.82, 2.24) is 5.32 Å². The number of benzene rings is 2. The summed E-state index contributed by atoms with van der Waals surface area (Å²) in [4.78, 5) is 26.6. The number of aryl methyl sites for hydroxylation is 1. The molecule has 0 bridgehead atoms. The van der Waals surface area contributed by atoms with Gasteiger partial charge in [-0.25, -0.2) is 0 Å². The summed E-state index contributed by atoms with van der Waals surface area (Å²) in [5.41, 5.74) is 3.32. The van der Waals surface area contributed by atoms with Crippen molar-refractivity contribution in [2.75, 3.05) is 18.0 Å². The standard InChI is InChI=1S/C22H26N2O2/c1-3-17-9-11-20(12-10-17)24-15-19(13-21(24)25)22(26)23-14-16(2)18-7-5-4-6-8-18/h4-12,16,19H,3,13-15H2,1-2H3,(H,23,26)/t16-,19+/m1/s1. The lowest BCUT2D eigenvalue weighted by molar-refractivity contribution is -0.126. The number of nitrogens with one attached hydrogen (secondary N) is 1. The highest BCUT2D eigenvalue weighted by atomic mass is 16.2. The Balaban J connectivity index is 1.56. The number of carbonyl (C=O) groups excluding carboxylic acids is 2. The van der Waals surface area contributed by atoms with Crippen LogP contribution in [-0.2, 0) is 16.0 Å². The van der Waals surface area contributed by atoms with Gasteiger partial charge >= 0.3 is 0 Å². The van der Waals surface area contributed by atoms with Crippen LogP contribution in [0.5, 0.6) is 0 Å². The first-order chi connectivity index (χ1) is 12.6. The summed E-state index contributed by atoms with van der Waals surface area (Å²) in [6.07, 6.45) is 1.25. The molecule has 0 saturated carbocycles. The summed E-state index contributed by atoms with van der Waals surface area (Å²) in [5.74, 6) is -0.0504. The zero-order valence-corrected chi connectivity index (χ0v) is 15.4. The third kappa shape index (κ3) is 4.13. The fourth-order valence-electron chi connectivity index (χ4n) is 3.34. The fourth-order valence-corrected chi connectivity index (χ4v) is 3.34. The molecule has 1 saturated heterocycles. The average Bonchev–Trinajstić information content (AvgIpc) is 3.08. The Bertz CT molecular complexity index is 755. The molecule has 1 heterocycles. The molecule has 0 unspecified atom stereocenters. The Morgan fingerprint density at radius 2 is 1.85 bits per heavy atom. The highest BCUT2D eigenvalue weighted by Gasteiger charge is 2.35. The van der Waals surface area contributed by atoms with E-state index in [1.165, 1.54) is 11.1 Å². The van der Waals surface area contributed by atoms with E-state index in [4.69, 9.17) is 0 Å². The molecule has 1 N–H and O–H groups in total. The lowest BCUT2D eigenvalue weighted by Crippen LogP contribution is -2.35. The second-order valence-corrected chi connectivity index (χ2v) is 6.98. The van der Waals surface area contributed by atoms with Crippen molar-refractivity contribution in [3.8, 4) is 0 Å². The molecule has 2 aromatic carbocycles. The van der Waals surface area contributed by atoms with E-state index >= 15 is 0 Å². The van der Waals surface area contributed by atoms with Crippen LogP contribution in [0, 0.1) is 5.92 Å². The highest BCUT2D eigenvalue weighted by molar-refractivity contribution is 6.00. The Hall–Kier alpha value is -2.62. The van der Waals surface area contributed by atoms with Crippen LogP contribution in [0.25, 0.3) is 0 Å². The van der Waals surface area contributed by atoms with Gasteiger partial charge in [0.1, 0.15) is 0 Å². The predicted molar refractivity (Wildman–Crippen MR) is 104 cm³/mol. The molecule has 0 radical (unpaired) electrons. The summed E-state index contributed by atoms with van der Waals surface area (Å²) in [6.45, 7) is 5.23. The van der Waals surface area contributed by atoms with Gasteiger partial charge in [-0.05, 0) is 35.6 Å². The minimum absolute atomic E-state index is 0.0190. The molecule has 2 aromatic rings. The van der Waals surface area contributed by atoms with E-state index in [-0.39, 0.29) is 30.1 Å². The summed E-state index contributed by atoms with van der Waals surface area (Å²) >= 11 is 0. The number of amides is 2. The Morgan fingerprint density at radius 1 is 1.15 bits per heavy atom. The third-order valence-corrected chi connectivity index (χ3v) is 5.10. The smallest absolute Gasteiger partial charge is 0.227 e. The van der Waals surface area contributed by atoms with Gasteiger partial charge in [0.05, 0.1) is 5.92 Å². The Labute approximate surface area is 155 Å². The van der Waals surface area contributed by atoms with Gasteiger partial charge in [0, 0.05) is 25.2 Å². The monoisotopic (exact) mass is 350 g/mol. The minimum atomic E-state index is -0.281. The van der Waals surface area contributed by atoms with Crippen LogP contribution in [0.4, 0.5) is 5.69 Å². The lowest BCUT2D eigenvalue weighted by atomic mass is 10.0. The number of hydrogen-bond acceptors (Lipinski definition) is 2. The number of rotatable bonds is 6. The van der Waals surface area contributed by atoms with Crippen molar-refractivity contribution in [3.05, 3.63) is 65.7 Å². The maximum Gasteiger partial charge on any atom is 0.227 e. The van der Waals surface area contributed by atoms with E-state index < -0.39 is 0 Å². The van der Waals surface area contributed by atoms with Crippen LogP contribution in [0.1, 0.15) is 37.3 Å². The number of hydrogen-bond donors (Lipinski definition) is 1. The first kappa shape index (κ1) is 18.2. The van der Waals surface area contributed by atoms with E-state index in [9.17, 15) is 9.59 Å². The molecule has 0 aromatic heterocycles. The van der Waals surface area contributed by atoms with Crippen LogP contribution < -0.4 is 10.2 Å². The number of carbonyl (C=O) groups is 2. The topological polar surface area (TPSA) is 49.4 Å². The van der Waals surface area contributed by atoms with E-state index in [2.05, 4.69) is 31.3 Å². The highest BCUT2D eigenvalue weighted by Crippen LogP contribution is 2.26. The molecule has 0 spiro atoms. The molecule has 2 atom stereocenters. The van der Waals surface area contributed by atoms with Crippen LogP contribution >= 0.6 is 0 Å². The average molecular weight is 350 g/mol. The maximum atomic E-state index is 12.5. The van der Waals surface area contributed by atoms with Crippen molar-refractivity contribution < 1.29 is 9.59 Å². The van der Waals surface area contributed by atoms with Gasteiger partial charge < -0.3 is 10.2 Å². The molecule has 26 heavy (non-hydrogen) atoms. The molecule has 2 amide bonds. The summed E-state index contributed by atoms with van der Waals surface area (Å²) in [6, 6.07) is 18.1. The van der Waals surface area contributed by atoms with Crippen LogP contribution in [0.2, 0.25) is 0 Å². The predicted octanol–water partition coefficient (Wildman–Crippen LogP) is 3.52. The van der Waals surface area contributed by atoms with Gasteiger partial charge in [-0.1, -0.05) is 56.3 Å². The number of nitrogens with zero attached hydrogens (tertiary/aromatic N) is 1. The first-order valence-corrected chi connectivity index (χ1v) is 9.30. The largest absolute Gasteiger partial charge is 0.355 e. The third-order valence-electron chi connectivity index (χ3n) is 5.10. The van der Waals surface area contributed by atoms with E-state index in [1.54, 1.807) is 4.90 Å². The van der Waals surface area contributed by atoms with Gasteiger partial charge in [0.15, 0.2) is 0 Å². The molecule has 3 rings (SSSR count). The lowest BCUT2D eigenvalue weighted by Gasteiger charge is -2.18. The molecule has 1 aliphatic heterocycles.